The van der Waals surface area contributed by atoms with Crippen LogP contribution in [0.15, 0.2) is 17.0 Å². The highest BCUT2D eigenvalue weighted by Crippen LogP contribution is 2.41. The van der Waals surface area contributed by atoms with Gasteiger partial charge in [0.15, 0.2) is 0 Å². The maximum absolute atomic E-state index is 12.7. The Labute approximate surface area is 183 Å². The number of aliphatic hydroxyl groups is 1. The van der Waals surface area contributed by atoms with Gasteiger partial charge in [-0.2, -0.15) is 17.9 Å². The molecule has 0 fully saturated rings. The summed E-state index contributed by atoms with van der Waals surface area (Å²) in [6.07, 6.45) is -4.80. The molecule has 2 aromatic rings. The van der Waals surface area contributed by atoms with Crippen LogP contribution in [0.5, 0.6) is 0 Å². The molecule has 0 unspecified atom stereocenters. The van der Waals surface area contributed by atoms with Crippen molar-refractivity contribution in [2.24, 2.45) is 0 Å². The van der Waals surface area contributed by atoms with Crippen molar-refractivity contribution < 1.29 is 36.2 Å². The molecule has 1 heterocycles. The summed E-state index contributed by atoms with van der Waals surface area (Å²) in [5, 5.41) is 8.64. The van der Waals surface area contributed by atoms with Gasteiger partial charge in [0.05, 0.1) is 33.8 Å². The molecule has 0 saturated carbocycles. The number of carbonyl (C=O) groups excluding carboxylic acids is 1. The SMILES string of the molecule is CCOC(=O)c1nc(CO)c(-c2ccc(S(=O)(=O)N[C@@H](C)C(F)(F)F)c(Cl)c2Cl)s1. The maximum Gasteiger partial charge on any atom is 0.404 e. The number of thiazole rings is 1. The van der Waals surface area contributed by atoms with E-state index < -0.39 is 44.7 Å². The second-order valence-electron chi connectivity index (χ2n) is 5.80. The maximum atomic E-state index is 12.7. The number of halogens is 5. The number of hydrogen-bond donors (Lipinski definition) is 2. The van der Waals surface area contributed by atoms with E-state index in [-0.39, 0.29) is 32.8 Å². The van der Waals surface area contributed by atoms with Crippen LogP contribution in [-0.2, 0) is 21.4 Å². The van der Waals surface area contributed by atoms with Gasteiger partial charge in [-0.15, -0.1) is 11.3 Å². The monoisotopic (exact) mass is 506 g/mol. The number of nitrogens with one attached hydrogen (secondary N) is 1. The fraction of sp³-hybridized carbons (Fsp3) is 0.375. The average Bonchev–Trinajstić information content (AvgIpc) is 3.07. The summed E-state index contributed by atoms with van der Waals surface area (Å²) in [7, 11) is -4.65. The molecule has 166 valence electrons. The standard InChI is InChI=1S/C16H15Cl2F3N2O5S2/c1-3-28-15(25)14-22-9(6-24)13(29-14)8-4-5-10(12(18)11(8)17)30(26,27)23-7(2)16(19,20)21/h4-5,7,23-24H,3,6H2,1-2H3/t7-/m0/s1. The van der Waals surface area contributed by atoms with Gasteiger partial charge in [-0.05, 0) is 19.9 Å². The van der Waals surface area contributed by atoms with E-state index in [0.717, 1.165) is 17.4 Å². The third kappa shape index (κ3) is 5.24. The van der Waals surface area contributed by atoms with Gasteiger partial charge in [0.25, 0.3) is 0 Å². The highest BCUT2D eigenvalue weighted by Gasteiger charge is 2.39. The first-order chi connectivity index (χ1) is 13.8. The second kappa shape index (κ2) is 9.37. The Balaban J connectivity index is 2.51. The van der Waals surface area contributed by atoms with Crippen molar-refractivity contribution in [3.8, 4) is 10.4 Å². The third-order valence-corrected chi connectivity index (χ3v) is 7.39. The molecule has 0 aliphatic carbocycles. The number of sulfonamides is 1. The van der Waals surface area contributed by atoms with Gasteiger partial charge in [0, 0.05) is 5.56 Å². The smallest absolute Gasteiger partial charge is 0.404 e. The van der Waals surface area contributed by atoms with E-state index in [9.17, 15) is 31.5 Å². The van der Waals surface area contributed by atoms with Crippen molar-refractivity contribution in [2.45, 2.75) is 37.6 Å². The Kier molecular flexibility index (Phi) is 7.75. The lowest BCUT2D eigenvalue weighted by Crippen LogP contribution is -2.43. The molecular weight excluding hydrogens is 492 g/mol. The van der Waals surface area contributed by atoms with Gasteiger partial charge in [-0.3, -0.25) is 0 Å². The average molecular weight is 507 g/mol. The molecule has 0 radical (unpaired) electrons. The lowest BCUT2D eigenvalue weighted by atomic mass is 10.1. The lowest BCUT2D eigenvalue weighted by molar-refractivity contribution is -0.147. The Bertz CT molecular complexity index is 1060. The van der Waals surface area contributed by atoms with E-state index in [1.165, 1.54) is 10.8 Å². The predicted molar refractivity (Wildman–Crippen MR) is 105 cm³/mol. The quantitative estimate of drug-likeness (QED) is 0.549. The Hall–Kier alpha value is -1.44. The van der Waals surface area contributed by atoms with Crippen LogP contribution < -0.4 is 4.72 Å². The van der Waals surface area contributed by atoms with Crippen LogP contribution >= 0.6 is 34.5 Å². The Morgan fingerprint density at radius 3 is 2.50 bits per heavy atom. The first-order valence-electron chi connectivity index (χ1n) is 8.18. The first-order valence-corrected chi connectivity index (χ1v) is 11.2. The fourth-order valence-electron chi connectivity index (χ4n) is 2.23. The minimum Gasteiger partial charge on any atom is -0.461 e. The summed E-state index contributed by atoms with van der Waals surface area (Å²) in [6.45, 7) is 1.78. The van der Waals surface area contributed by atoms with E-state index in [0.29, 0.717) is 6.92 Å². The Morgan fingerprint density at radius 1 is 1.33 bits per heavy atom. The molecular formula is C16H15Cl2F3N2O5S2. The van der Waals surface area contributed by atoms with Crippen LogP contribution in [0.4, 0.5) is 13.2 Å². The molecule has 0 saturated heterocycles. The molecule has 30 heavy (non-hydrogen) atoms. The van der Waals surface area contributed by atoms with Crippen LogP contribution in [0.3, 0.4) is 0 Å². The van der Waals surface area contributed by atoms with Crippen LogP contribution in [0.1, 0.15) is 29.3 Å². The van der Waals surface area contributed by atoms with E-state index in [4.69, 9.17) is 27.9 Å². The lowest BCUT2D eigenvalue weighted by Gasteiger charge is -2.18. The highest BCUT2D eigenvalue weighted by atomic mass is 35.5. The molecule has 0 bridgehead atoms. The normalized spacial score (nSPS) is 13.3. The van der Waals surface area contributed by atoms with Crippen molar-refractivity contribution in [3.05, 3.63) is 32.9 Å². The zero-order valence-corrected chi connectivity index (χ0v) is 18.5. The summed E-state index contributed by atoms with van der Waals surface area (Å²) in [5.41, 5.74) is 0.210. The number of hydrogen-bond acceptors (Lipinski definition) is 7. The van der Waals surface area contributed by atoms with Gasteiger partial charge in [-0.25, -0.2) is 18.2 Å². The van der Waals surface area contributed by atoms with E-state index in [1.54, 1.807) is 6.92 Å². The molecule has 1 aromatic carbocycles. The summed E-state index contributed by atoms with van der Waals surface area (Å²) in [5.74, 6) is -0.727. The fourth-order valence-corrected chi connectivity index (χ4v) is 5.38. The molecule has 14 heteroatoms. The molecule has 7 nitrogen and oxygen atoms in total. The van der Waals surface area contributed by atoms with Gasteiger partial charge < -0.3 is 9.84 Å². The van der Waals surface area contributed by atoms with Crippen LogP contribution in [0.25, 0.3) is 10.4 Å². The molecule has 0 aliphatic heterocycles. The number of nitrogens with zero attached hydrogens (tertiary/aromatic N) is 1. The molecule has 1 aromatic heterocycles. The number of aliphatic hydroxyl groups excluding tert-OH is 1. The minimum absolute atomic E-state index is 0.0690. The van der Waals surface area contributed by atoms with Crippen LogP contribution in [0.2, 0.25) is 10.0 Å². The number of esters is 1. The first kappa shape index (κ1) is 24.8. The number of ether oxygens (including phenoxy) is 1. The minimum atomic E-state index is -4.80. The summed E-state index contributed by atoms with van der Waals surface area (Å²) < 4.78 is 69.1. The van der Waals surface area contributed by atoms with E-state index >= 15 is 0 Å². The number of benzene rings is 1. The van der Waals surface area contributed by atoms with E-state index in [1.807, 2.05) is 0 Å². The zero-order valence-electron chi connectivity index (χ0n) is 15.4. The van der Waals surface area contributed by atoms with Crippen LogP contribution in [-0.4, -0.2) is 43.3 Å². The number of alkyl halides is 3. The summed E-state index contributed by atoms with van der Waals surface area (Å²) in [6, 6.07) is -0.186. The van der Waals surface area contributed by atoms with Crippen molar-refractivity contribution in [1.82, 2.24) is 9.71 Å². The van der Waals surface area contributed by atoms with Crippen molar-refractivity contribution in [1.29, 1.82) is 0 Å². The van der Waals surface area contributed by atoms with Crippen molar-refractivity contribution in [3.63, 3.8) is 0 Å². The van der Waals surface area contributed by atoms with Crippen LogP contribution in [0, 0.1) is 0 Å². The topological polar surface area (TPSA) is 106 Å². The molecule has 0 amide bonds. The molecule has 2 N–H and O–H groups in total. The van der Waals surface area contributed by atoms with Crippen molar-refractivity contribution >= 4 is 50.5 Å². The summed E-state index contributed by atoms with van der Waals surface area (Å²) >= 11 is 13.1. The van der Waals surface area contributed by atoms with Crippen molar-refractivity contribution in [2.75, 3.05) is 6.61 Å². The van der Waals surface area contributed by atoms with Gasteiger partial charge in [0.1, 0.15) is 10.9 Å². The highest BCUT2D eigenvalue weighted by molar-refractivity contribution is 7.89. The molecule has 1 atom stereocenters. The van der Waals surface area contributed by atoms with Gasteiger partial charge in [-0.1, -0.05) is 29.3 Å². The third-order valence-electron chi connectivity index (χ3n) is 3.70. The molecule has 0 spiro atoms. The number of aromatic nitrogens is 1. The van der Waals surface area contributed by atoms with Gasteiger partial charge >= 0.3 is 12.1 Å². The van der Waals surface area contributed by atoms with Gasteiger partial charge in [0.2, 0.25) is 15.0 Å². The number of rotatable bonds is 7. The summed E-state index contributed by atoms with van der Waals surface area (Å²) in [4.78, 5) is 15.4. The largest absolute Gasteiger partial charge is 0.461 e. The molecule has 0 aliphatic rings. The second-order valence-corrected chi connectivity index (χ2v) is 9.23. The Morgan fingerprint density at radius 2 is 1.97 bits per heavy atom. The zero-order chi connectivity index (χ0) is 22.9. The molecule has 2 rings (SSSR count). The number of carbonyl (C=O) groups is 1. The van der Waals surface area contributed by atoms with E-state index in [2.05, 4.69) is 4.98 Å². The predicted octanol–water partition coefficient (Wildman–Crippen LogP) is 4.02.